The summed E-state index contributed by atoms with van der Waals surface area (Å²) in [7, 11) is 0. The van der Waals surface area contributed by atoms with Gasteiger partial charge in [0.1, 0.15) is 5.60 Å². The zero-order valence-electron chi connectivity index (χ0n) is 15.4. The predicted molar refractivity (Wildman–Crippen MR) is 110 cm³/mol. The van der Waals surface area contributed by atoms with Crippen LogP contribution in [0, 0.1) is 11.3 Å². The number of hydrogen-bond acceptors (Lipinski definition) is 8. The SMILES string of the molecule is N#Cc1cc(Br)cc(Nc2nc(NCC3(O)COC3)nc3c2ncn3C2CC2)c1. The number of aromatic nitrogens is 4. The third kappa shape index (κ3) is 3.64. The van der Waals surface area contributed by atoms with Crippen LogP contribution in [0.2, 0.25) is 0 Å². The van der Waals surface area contributed by atoms with E-state index < -0.39 is 5.60 Å². The van der Waals surface area contributed by atoms with E-state index in [0.717, 1.165) is 23.0 Å². The molecule has 29 heavy (non-hydrogen) atoms. The van der Waals surface area contributed by atoms with Crippen molar-refractivity contribution in [3.63, 3.8) is 0 Å². The molecular weight excluding hydrogens is 438 g/mol. The van der Waals surface area contributed by atoms with Crippen molar-refractivity contribution in [3.8, 4) is 6.07 Å². The van der Waals surface area contributed by atoms with E-state index in [-0.39, 0.29) is 0 Å². The number of halogens is 1. The monoisotopic (exact) mass is 455 g/mol. The highest BCUT2D eigenvalue weighted by Gasteiger charge is 2.36. The van der Waals surface area contributed by atoms with Gasteiger partial charge in [-0.1, -0.05) is 15.9 Å². The number of nitriles is 1. The summed E-state index contributed by atoms with van der Waals surface area (Å²) in [6, 6.07) is 7.92. The van der Waals surface area contributed by atoms with Crippen molar-refractivity contribution >= 4 is 44.5 Å². The van der Waals surface area contributed by atoms with Gasteiger partial charge in [-0.25, -0.2) is 4.98 Å². The highest BCUT2D eigenvalue weighted by atomic mass is 79.9. The maximum atomic E-state index is 10.3. The lowest BCUT2D eigenvalue weighted by atomic mass is 10.0. The Kier molecular flexibility index (Phi) is 4.38. The lowest BCUT2D eigenvalue weighted by molar-refractivity contribution is -0.168. The molecule has 2 fully saturated rings. The molecule has 1 aliphatic heterocycles. The van der Waals surface area contributed by atoms with Gasteiger partial charge in [0.15, 0.2) is 17.0 Å². The second-order valence-corrected chi connectivity index (χ2v) is 8.40. The zero-order valence-corrected chi connectivity index (χ0v) is 17.0. The lowest BCUT2D eigenvalue weighted by Crippen LogP contribution is -2.54. The third-order valence-electron chi connectivity index (χ3n) is 4.97. The number of nitrogens with zero attached hydrogens (tertiary/aromatic N) is 5. The first-order chi connectivity index (χ1) is 14.0. The molecule has 3 heterocycles. The number of rotatable bonds is 6. The molecule has 0 amide bonds. The van der Waals surface area contributed by atoms with Crippen LogP contribution in [0.1, 0.15) is 24.4 Å². The molecule has 10 heteroatoms. The number of aliphatic hydroxyl groups is 1. The fourth-order valence-electron chi connectivity index (χ4n) is 3.25. The number of fused-ring (bicyclic) bond motifs is 1. The minimum Gasteiger partial charge on any atom is -0.383 e. The Labute approximate surface area is 174 Å². The van der Waals surface area contributed by atoms with Crippen LogP contribution in [0.25, 0.3) is 11.2 Å². The highest BCUT2D eigenvalue weighted by molar-refractivity contribution is 9.10. The normalized spacial score (nSPS) is 17.6. The van der Waals surface area contributed by atoms with Crippen molar-refractivity contribution in [2.24, 2.45) is 0 Å². The summed E-state index contributed by atoms with van der Waals surface area (Å²) in [5, 5.41) is 25.9. The van der Waals surface area contributed by atoms with Gasteiger partial charge in [-0.15, -0.1) is 0 Å². The molecule has 1 saturated heterocycles. The number of ether oxygens (including phenoxy) is 1. The second kappa shape index (κ2) is 6.95. The van der Waals surface area contributed by atoms with Crippen LogP contribution in [0.5, 0.6) is 0 Å². The average Bonchev–Trinajstić information content (AvgIpc) is 3.43. The fourth-order valence-corrected chi connectivity index (χ4v) is 3.74. The lowest BCUT2D eigenvalue weighted by Gasteiger charge is -2.36. The Morgan fingerprint density at radius 1 is 1.31 bits per heavy atom. The molecule has 2 aliphatic rings. The first-order valence-corrected chi connectivity index (χ1v) is 10.1. The Hall–Kier alpha value is -2.74. The van der Waals surface area contributed by atoms with E-state index in [1.807, 2.05) is 6.07 Å². The molecule has 1 aromatic carbocycles. The van der Waals surface area contributed by atoms with E-state index in [9.17, 15) is 10.4 Å². The zero-order chi connectivity index (χ0) is 20.0. The summed E-state index contributed by atoms with van der Waals surface area (Å²) in [4.78, 5) is 13.7. The molecule has 0 unspecified atom stereocenters. The molecule has 2 aromatic heterocycles. The van der Waals surface area contributed by atoms with Crippen molar-refractivity contribution in [3.05, 3.63) is 34.6 Å². The van der Waals surface area contributed by atoms with E-state index in [4.69, 9.17) is 4.74 Å². The van der Waals surface area contributed by atoms with Gasteiger partial charge < -0.3 is 25.0 Å². The Bertz CT molecular complexity index is 1130. The second-order valence-electron chi connectivity index (χ2n) is 7.49. The fraction of sp³-hybridized carbons (Fsp3) is 0.368. The summed E-state index contributed by atoms with van der Waals surface area (Å²) < 4.78 is 7.95. The maximum Gasteiger partial charge on any atom is 0.226 e. The van der Waals surface area contributed by atoms with Crippen LogP contribution in [0.3, 0.4) is 0 Å². The average molecular weight is 456 g/mol. The molecule has 5 rings (SSSR count). The van der Waals surface area contributed by atoms with E-state index in [1.54, 1.807) is 18.5 Å². The molecule has 0 bridgehead atoms. The number of imidazole rings is 1. The molecule has 3 N–H and O–H groups in total. The van der Waals surface area contributed by atoms with Gasteiger partial charge in [0.25, 0.3) is 0 Å². The van der Waals surface area contributed by atoms with Crippen LogP contribution < -0.4 is 10.6 Å². The molecule has 0 atom stereocenters. The molecule has 0 spiro atoms. The summed E-state index contributed by atoms with van der Waals surface area (Å²) >= 11 is 3.43. The number of benzene rings is 1. The molecule has 3 aromatic rings. The largest absolute Gasteiger partial charge is 0.383 e. The van der Waals surface area contributed by atoms with Crippen molar-refractivity contribution in [1.29, 1.82) is 5.26 Å². The topological polar surface area (TPSA) is 121 Å². The van der Waals surface area contributed by atoms with Crippen molar-refractivity contribution in [2.45, 2.75) is 24.5 Å². The van der Waals surface area contributed by atoms with Gasteiger partial charge in [0, 0.05) is 16.2 Å². The minimum absolute atomic E-state index is 0.294. The minimum atomic E-state index is -0.894. The molecular formula is C19H18BrN7O2. The summed E-state index contributed by atoms with van der Waals surface area (Å²) in [6.45, 7) is 0.885. The van der Waals surface area contributed by atoms with E-state index in [0.29, 0.717) is 54.3 Å². The van der Waals surface area contributed by atoms with Crippen molar-refractivity contribution < 1.29 is 9.84 Å². The maximum absolute atomic E-state index is 10.3. The quantitative estimate of drug-likeness (QED) is 0.518. The van der Waals surface area contributed by atoms with Crippen molar-refractivity contribution in [2.75, 3.05) is 30.4 Å². The van der Waals surface area contributed by atoms with Gasteiger partial charge in [-0.2, -0.15) is 15.2 Å². The van der Waals surface area contributed by atoms with E-state index >= 15 is 0 Å². The van der Waals surface area contributed by atoms with Gasteiger partial charge >= 0.3 is 0 Å². The van der Waals surface area contributed by atoms with Crippen LogP contribution in [0.15, 0.2) is 29.0 Å². The first-order valence-electron chi connectivity index (χ1n) is 9.29. The van der Waals surface area contributed by atoms with E-state index in [1.165, 1.54) is 0 Å². The number of hydrogen-bond donors (Lipinski definition) is 3. The molecule has 9 nitrogen and oxygen atoms in total. The molecule has 148 valence electrons. The van der Waals surface area contributed by atoms with Crippen LogP contribution in [0.4, 0.5) is 17.5 Å². The molecule has 1 saturated carbocycles. The summed E-state index contributed by atoms with van der Waals surface area (Å²) in [5.41, 5.74) is 1.75. The van der Waals surface area contributed by atoms with Crippen molar-refractivity contribution in [1.82, 2.24) is 19.5 Å². The Morgan fingerprint density at radius 2 is 2.14 bits per heavy atom. The van der Waals surface area contributed by atoms with Gasteiger partial charge in [0.2, 0.25) is 5.95 Å². The van der Waals surface area contributed by atoms with Crippen LogP contribution >= 0.6 is 15.9 Å². The smallest absolute Gasteiger partial charge is 0.226 e. The number of anilines is 3. The molecule has 0 radical (unpaired) electrons. The number of nitrogens with one attached hydrogen (secondary N) is 2. The summed E-state index contributed by atoms with van der Waals surface area (Å²) in [5.74, 6) is 0.939. The van der Waals surface area contributed by atoms with Crippen LogP contribution in [-0.4, -0.2) is 50.0 Å². The van der Waals surface area contributed by atoms with Gasteiger partial charge in [-0.3, -0.25) is 0 Å². The Morgan fingerprint density at radius 3 is 2.83 bits per heavy atom. The van der Waals surface area contributed by atoms with Gasteiger partial charge in [0.05, 0.1) is 37.7 Å². The first kappa shape index (κ1) is 18.3. The van der Waals surface area contributed by atoms with Gasteiger partial charge in [-0.05, 0) is 31.0 Å². The predicted octanol–water partition coefficient (Wildman–Crippen LogP) is 2.71. The highest BCUT2D eigenvalue weighted by Crippen LogP contribution is 2.38. The summed E-state index contributed by atoms with van der Waals surface area (Å²) in [6.07, 6.45) is 4.01. The van der Waals surface area contributed by atoms with E-state index in [2.05, 4.69) is 52.2 Å². The Balaban J connectivity index is 1.52. The van der Waals surface area contributed by atoms with Crippen LogP contribution in [-0.2, 0) is 4.74 Å². The molecule has 1 aliphatic carbocycles. The third-order valence-corrected chi connectivity index (χ3v) is 5.43. The standard InChI is InChI=1S/C19H18BrN7O2/c20-12-3-11(6-21)4-13(5-12)24-16-15-17(27(10-23-15)14-1-2-14)26-18(25-16)22-7-19(28)8-29-9-19/h3-5,10,14,28H,1-2,7-9H2,(H2,22,24,25,26).